The maximum absolute atomic E-state index is 13.8. The molecular formula is C28H42O5. The van der Waals surface area contributed by atoms with Crippen LogP contribution in [-0.2, 0) is 11.2 Å². The normalized spacial score (nSPS) is 32.7. The summed E-state index contributed by atoms with van der Waals surface area (Å²) in [5, 5.41) is 33.0. The summed E-state index contributed by atoms with van der Waals surface area (Å²) in [5.41, 5.74) is -0.154. The molecule has 3 N–H and O–H groups in total. The molecular weight excluding hydrogens is 416 g/mol. The molecule has 0 aliphatic heterocycles. The van der Waals surface area contributed by atoms with E-state index in [4.69, 9.17) is 4.74 Å². The van der Waals surface area contributed by atoms with Crippen LogP contribution < -0.4 is 4.74 Å². The number of hydrogen-bond acceptors (Lipinski definition) is 5. The first-order chi connectivity index (χ1) is 15.2. The van der Waals surface area contributed by atoms with Crippen LogP contribution in [0, 0.1) is 30.1 Å². The Kier molecular flexibility index (Phi) is 7.08. The SMILES string of the molecule is COc1cc(C)c(O)c(C/C=C(\C)C[C@]2(O)C[C@H]3CC[C@H](C)[C@]3(C)C(=O)C2CC(C)(C)O)c1. The van der Waals surface area contributed by atoms with E-state index in [0.29, 0.717) is 30.9 Å². The van der Waals surface area contributed by atoms with Gasteiger partial charge in [0.2, 0.25) is 0 Å². The maximum atomic E-state index is 13.8. The number of ketones is 1. The van der Waals surface area contributed by atoms with Crippen molar-refractivity contribution < 1.29 is 24.9 Å². The highest BCUT2D eigenvalue weighted by atomic mass is 16.5. The van der Waals surface area contributed by atoms with Crippen molar-refractivity contribution in [3.05, 3.63) is 34.9 Å². The second kappa shape index (κ2) is 9.07. The highest BCUT2D eigenvalue weighted by Crippen LogP contribution is 2.59. The number of phenols is 1. The Bertz CT molecular complexity index is 927. The molecule has 0 bridgehead atoms. The molecule has 184 valence electrons. The number of rotatable bonds is 7. The Hall–Kier alpha value is -1.85. The van der Waals surface area contributed by atoms with Crippen molar-refractivity contribution in [1.29, 1.82) is 0 Å². The fourth-order valence-electron chi connectivity index (χ4n) is 6.31. The molecule has 0 aromatic heterocycles. The van der Waals surface area contributed by atoms with E-state index in [9.17, 15) is 20.1 Å². The number of benzene rings is 1. The zero-order valence-corrected chi connectivity index (χ0v) is 21.4. The number of Topliss-reactive ketones (excluding diaryl/α,β-unsaturated/α-hetero) is 1. The first-order valence-corrected chi connectivity index (χ1v) is 12.2. The molecule has 5 nitrogen and oxygen atoms in total. The number of phenolic OH excluding ortho intramolecular Hbond substituents is 1. The fourth-order valence-corrected chi connectivity index (χ4v) is 6.31. The predicted octanol–water partition coefficient (Wildman–Crippen LogP) is 5.12. The molecule has 33 heavy (non-hydrogen) atoms. The molecule has 0 spiro atoms. The quantitative estimate of drug-likeness (QED) is 0.494. The van der Waals surface area contributed by atoms with Gasteiger partial charge in [-0.25, -0.2) is 0 Å². The van der Waals surface area contributed by atoms with Gasteiger partial charge in [-0.2, -0.15) is 0 Å². The van der Waals surface area contributed by atoms with Crippen LogP contribution in [0.2, 0.25) is 0 Å². The standard InChI is InChI=1S/C28H42O5/c1-17(8-10-20-13-22(33-7)12-18(2)24(20)29)14-28(32)15-21-11-9-19(3)27(21,6)25(30)23(28)16-26(4,5)31/h8,12-13,19,21,23,29,31-32H,9-11,14-16H2,1-7H3/b17-8+/t19-,21+,23?,27-,28-/m0/s1. The van der Waals surface area contributed by atoms with Crippen LogP contribution in [0.3, 0.4) is 0 Å². The van der Waals surface area contributed by atoms with Gasteiger partial charge in [-0.1, -0.05) is 25.5 Å². The highest BCUT2D eigenvalue weighted by Gasteiger charge is 2.61. The molecule has 0 radical (unpaired) electrons. The second-order valence-electron chi connectivity index (χ2n) is 11.6. The van der Waals surface area contributed by atoms with E-state index in [1.165, 1.54) is 0 Å². The molecule has 2 aliphatic rings. The molecule has 2 aliphatic carbocycles. The second-order valence-corrected chi connectivity index (χ2v) is 11.6. The average Bonchev–Trinajstić information content (AvgIpc) is 3.00. The van der Waals surface area contributed by atoms with E-state index in [1.807, 2.05) is 26.0 Å². The van der Waals surface area contributed by atoms with E-state index >= 15 is 0 Å². The maximum Gasteiger partial charge on any atom is 0.145 e. The molecule has 0 amide bonds. The number of fused-ring (bicyclic) bond motifs is 1. The lowest BCUT2D eigenvalue weighted by Gasteiger charge is -2.51. The molecule has 1 aromatic carbocycles. The number of carbonyl (C=O) groups excluding carboxylic acids is 1. The van der Waals surface area contributed by atoms with E-state index in [-0.39, 0.29) is 23.9 Å². The van der Waals surface area contributed by atoms with Crippen molar-refractivity contribution in [2.45, 2.75) is 91.3 Å². The number of carbonyl (C=O) groups is 1. The van der Waals surface area contributed by atoms with Gasteiger partial charge in [-0.3, -0.25) is 4.79 Å². The van der Waals surface area contributed by atoms with Gasteiger partial charge in [-0.05, 0) is 95.8 Å². The van der Waals surface area contributed by atoms with Crippen LogP contribution in [0.25, 0.3) is 0 Å². The largest absolute Gasteiger partial charge is 0.507 e. The minimum absolute atomic E-state index is 0.113. The van der Waals surface area contributed by atoms with E-state index in [2.05, 4.69) is 13.8 Å². The predicted molar refractivity (Wildman–Crippen MR) is 130 cm³/mol. The van der Waals surface area contributed by atoms with Crippen molar-refractivity contribution in [3.63, 3.8) is 0 Å². The molecule has 0 heterocycles. The lowest BCUT2D eigenvalue weighted by Crippen LogP contribution is -2.58. The van der Waals surface area contributed by atoms with E-state index in [0.717, 1.165) is 29.5 Å². The van der Waals surface area contributed by atoms with Crippen LogP contribution in [0.5, 0.6) is 11.5 Å². The van der Waals surface area contributed by atoms with Gasteiger partial charge in [-0.15, -0.1) is 0 Å². The van der Waals surface area contributed by atoms with Gasteiger partial charge < -0.3 is 20.1 Å². The number of aliphatic hydroxyl groups is 2. The van der Waals surface area contributed by atoms with Crippen molar-refractivity contribution in [2.75, 3.05) is 7.11 Å². The van der Waals surface area contributed by atoms with Crippen LogP contribution in [0.4, 0.5) is 0 Å². The van der Waals surface area contributed by atoms with Gasteiger partial charge in [0.1, 0.15) is 17.3 Å². The first kappa shape index (κ1) is 25.8. The number of aryl methyl sites for hydroxylation is 1. The molecule has 2 fully saturated rings. The Labute approximate surface area is 198 Å². The Morgan fingerprint density at radius 1 is 1.30 bits per heavy atom. The van der Waals surface area contributed by atoms with Gasteiger partial charge in [0, 0.05) is 11.0 Å². The summed E-state index contributed by atoms with van der Waals surface area (Å²) in [7, 11) is 1.60. The Morgan fingerprint density at radius 2 is 1.97 bits per heavy atom. The summed E-state index contributed by atoms with van der Waals surface area (Å²) in [5.74, 6) is 0.919. The summed E-state index contributed by atoms with van der Waals surface area (Å²) in [6.45, 7) is 11.5. The lowest BCUT2D eigenvalue weighted by molar-refractivity contribution is -0.166. The van der Waals surface area contributed by atoms with Crippen molar-refractivity contribution >= 4 is 5.78 Å². The molecule has 2 saturated carbocycles. The summed E-state index contributed by atoms with van der Waals surface area (Å²) in [6.07, 6.45) is 5.69. The van der Waals surface area contributed by atoms with Crippen LogP contribution in [0.1, 0.15) is 77.8 Å². The van der Waals surface area contributed by atoms with Gasteiger partial charge in [0.05, 0.1) is 24.2 Å². The van der Waals surface area contributed by atoms with Crippen LogP contribution >= 0.6 is 0 Å². The minimum atomic E-state index is -1.18. The van der Waals surface area contributed by atoms with Crippen molar-refractivity contribution in [2.24, 2.45) is 23.2 Å². The summed E-state index contributed by atoms with van der Waals surface area (Å²) in [6, 6.07) is 3.62. The average molecular weight is 459 g/mol. The fraction of sp³-hybridized carbons (Fsp3) is 0.679. The lowest BCUT2D eigenvalue weighted by atomic mass is 9.54. The third-order valence-electron chi connectivity index (χ3n) is 8.46. The Morgan fingerprint density at radius 3 is 2.58 bits per heavy atom. The molecule has 1 unspecified atom stereocenters. The van der Waals surface area contributed by atoms with E-state index in [1.54, 1.807) is 27.0 Å². The molecule has 3 rings (SSSR count). The number of hydrogen-bond donors (Lipinski definition) is 3. The minimum Gasteiger partial charge on any atom is -0.507 e. The topological polar surface area (TPSA) is 87.0 Å². The number of allylic oxidation sites excluding steroid dienone is 1. The zero-order valence-electron chi connectivity index (χ0n) is 21.4. The van der Waals surface area contributed by atoms with Gasteiger partial charge >= 0.3 is 0 Å². The highest BCUT2D eigenvalue weighted by molar-refractivity contribution is 5.90. The smallest absolute Gasteiger partial charge is 0.145 e. The third kappa shape index (κ3) is 5.00. The first-order valence-electron chi connectivity index (χ1n) is 12.2. The van der Waals surface area contributed by atoms with Gasteiger partial charge in [0.15, 0.2) is 0 Å². The molecule has 1 aromatic rings. The van der Waals surface area contributed by atoms with Crippen LogP contribution in [-0.4, -0.2) is 39.4 Å². The van der Waals surface area contributed by atoms with Crippen molar-refractivity contribution in [1.82, 2.24) is 0 Å². The molecule has 0 saturated heterocycles. The summed E-state index contributed by atoms with van der Waals surface area (Å²) >= 11 is 0. The Balaban J connectivity index is 1.88. The number of methoxy groups -OCH3 is 1. The number of aromatic hydroxyl groups is 1. The third-order valence-corrected chi connectivity index (χ3v) is 8.46. The summed E-state index contributed by atoms with van der Waals surface area (Å²) < 4.78 is 5.33. The number of ether oxygens (including phenoxy) is 1. The van der Waals surface area contributed by atoms with Crippen molar-refractivity contribution in [3.8, 4) is 11.5 Å². The zero-order chi connectivity index (χ0) is 24.8. The monoisotopic (exact) mass is 458 g/mol. The molecule has 5 heteroatoms. The van der Waals surface area contributed by atoms with Gasteiger partial charge in [0.25, 0.3) is 0 Å². The van der Waals surface area contributed by atoms with Crippen LogP contribution in [0.15, 0.2) is 23.8 Å². The van der Waals surface area contributed by atoms with E-state index < -0.39 is 22.5 Å². The molecule has 5 atom stereocenters. The summed E-state index contributed by atoms with van der Waals surface area (Å²) in [4.78, 5) is 13.8.